The molecule has 2 fully saturated rings. The van der Waals surface area contributed by atoms with Crippen LogP contribution in [0.3, 0.4) is 0 Å². The smallest absolute Gasteiger partial charge is 0.136 e. The van der Waals surface area contributed by atoms with Crippen molar-refractivity contribution in [2.75, 3.05) is 6.54 Å². The minimum absolute atomic E-state index is 0.0411. The molecular weight excluding hydrogens is 352 g/mol. The molecule has 27 heavy (non-hydrogen) atoms. The van der Waals surface area contributed by atoms with Gasteiger partial charge in [0.25, 0.3) is 0 Å². The Hall–Kier alpha value is -1.87. The van der Waals surface area contributed by atoms with Crippen LogP contribution >= 0.6 is 0 Å². The first kappa shape index (κ1) is 17.2. The molecule has 1 aromatic heterocycles. The normalized spacial score (nSPS) is 32.5. The van der Waals surface area contributed by atoms with Crippen molar-refractivity contribution in [2.24, 2.45) is 13.0 Å². The zero-order chi connectivity index (χ0) is 18.7. The summed E-state index contributed by atoms with van der Waals surface area (Å²) in [4.78, 5) is 0. The molecule has 8 heteroatoms. The van der Waals surface area contributed by atoms with Crippen molar-refractivity contribution in [3.05, 3.63) is 52.3 Å². The zero-order valence-corrected chi connectivity index (χ0v) is 15.0. The SMILES string of the molecule is Cn1cc(C2NNC3CNC(c4c(F)cc5c(c4F)C(O)CC5)CC32)cn1. The lowest BCUT2D eigenvalue weighted by molar-refractivity contribution is 0.174. The van der Waals surface area contributed by atoms with E-state index in [-0.39, 0.29) is 29.1 Å². The first-order valence-corrected chi connectivity index (χ1v) is 9.44. The molecule has 2 aliphatic heterocycles. The highest BCUT2D eigenvalue weighted by Gasteiger charge is 2.43. The fraction of sp³-hybridized carbons (Fsp3) is 0.526. The molecule has 5 rings (SSSR count). The molecule has 2 aromatic rings. The second-order valence-corrected chi connectivity index (χ2v) is 7.89. The van der Waals surface area contributed by atoms with E-state index in [0.717, 1.165) is 5.56 Å². The van der Waals surface area contributed by atoms with Crippen molar-refractivity contribution in [1.82, 2.24) is 25.9 Å². The lowest BCUT2D eigenvalue weighted by Gasteiger charge is -2.35. The third-order valence-corrected chi connectivity index (χ3v) is 6.29. The molecule has 2 saturated heterocycles. The summed E-state index contributed by atoms with van der Waals surface area (Å²) in [6, 6.07) is 1.20. The van der Waals surface area contributed by atoms with Gasteiger partial charge in [-0.1, -0.05) is 0 Å². The van der Waals surface area contributed by atoms with Crippen molar-refractivity contribution in [1.29, 1.82) is 0 Å². The van der Waals surface area contributed by atoms with Gasteiger partial charge >= 0.3 is 0 Å². The molecule has 3 aliphatic rings. The number of aliphatic hydroxyl groups excluding tert-OH is 1. The number of aliphatic hydroxyl groups is 1. The van der Waals surface area contributed by atoms with E-state index < -0.39 is 23.8 Å². The highest BCUT2D eigenvalue weighted by Crippen LogP contribution is 2.42. The number of aryl methyl sites for hydroxylation is 2. The van der Waals surface area contributed by atoms with Crippen molar-refractivity contribution in [3.8, 4) is 0 Å². The van der Waals surface area contributed by atoms with Crippen LogP contribution in [0.5, 0.6) is 0 Å². The highest BCUT2D eigenvalue weighted by atomic mass is 19.1. The van der Waals surface area contributed by atoms with Gasteiger partial charge in [-0.25, -0.2) is 14.2 Å². The summed E-state index contributed by atoms with van der Waals surface area (Å²) in [6.45, 7) is 0.609. The van der Waals surface area contributed by atoms with E-state index in [1.165, 1.54) is 6.07 Å². The van der Waals surface area contributed by atoms with E-state index in [9.17, 15) is 9.50 Å². The van der Waals surface area contributed by atoms with Crippen LogP contribution in [0, 0.1) is 17.6 Å². The molecule has 3 heterocycles. The Balaban J connectivity index is 1.47. The molecule has 5 atom stereocenters. The second kappa shape index (κ2) is 6.34. The maximum Gasteiger partial charge on any atom is 0.136 e. The van der Waals surface area contributed by atoms with E-state index in [0.29, 0.717) is 31.4 Å². The van der Waals surface area contributed by atoms with Crippen LogP contribution < -0.4 is 16.2 Å². The lowest BCUT2D eigenvalue weighted by atomic mass is 9.80. The number of rotatable bonds is 2. The molecule has 0 radical (unpaired) electrons. The average Bonchev–Trinajstić information content (AvgIpc) is 3.33. The zero-order valence-electron chi connectivity index (χ0n) is 15.0. The molecule has 6 nitrogen and oxygen atoms in total. The first-order chi connectivity index (χ1) is 13.0. The van der Waals surface area contributed by atoms with Crippen LogP contribution in [0.4, 0.5) is 8.78 Å². The molecule has 0 spiro atoms. The van der Waals surface area contributed by atoms with Gasteiger partial charge in [0.15, 0.2) is 0 Å². The molecule has 4 N–H and O–H groups in total. The van der Waals surface area contributed by atoms with Gasteiger partial charge in [0.05, 0.1) is 18.3 Å². The number of piperidine rings is 1. The van der Waals surface area contributed by atoms with Crippen molar-refractivity contribution < 1.29 is 13.9 Å². The lowest BCUT2D eigenvalue weighted by Crippen LogP contribution is -2.46. The van der Waals surface area contributed by atoms with Gasteiger partial charge in [0.2, 0.25) is 0 Å². The predicted octanol–water partition coefficient (Wildman–Crippen LogP) is 1.55. The van der Waals surface area contributed by atoms with Crippen LogP contribution in [0.2, 0.25) is 0 Å². The Morgan fingerprint density at radius 1 is 1.26 bits per heavy atom. The van der Waals surface area contributed by atoms with Crippen LogP contribution in [0.25, 0.3) is 0 Å². The van der Waals surface area contributed by atoms with Gasteiger partial charge in [-0.15, -0.1) is 0 Å². The predicted molar refractivity (Wildman–Crippen MR) is 94.5 cm³/mol. The van der Waals surface area contributed by atoms with Gasteiger partial charge in [-0.3, -0.25) is 10.1 Å². The van der Waals surface area contributed by atoms with Crippen molar-refractivity contribution in [3.63, 3.8) is 0 Å². The summed E-state index contributed by atoms with van der Waals surface area (Å²) < 4.78 is 31.7. The van der Waals surface area contributed by atoms with E-state index in [4.69, 9.17) is 0 Å². The van der Waals surface area contributed by atoms with Crippen LogP contribution in [-0.2, 0) is 13.5 Å². The summed E-state index contributed by atoms with van der Waals surface area (Å²) in [5.74, 6) is -0.923. The quantitative estimate of drug-likeness (QED) is 0.641. The molecule has 0 bridgehead atoms. The number of nitrogens with zero attached hydrogens (tertiary/aromatic N) is 2. The Morgan fingerprint density at radius 3 is 2.89 bits per heavy atom. The minimum Gasteiger partial charge on any atom is -0.388 e. The Labute approximate surface area is 155 Å². The second-order valence-electron chi connectivity index (χ2n) is 7.89. The minimum atomic E-state index is -0.839. The monoisotopic (exact) mass is 375 g/mol. The molecule has 1 aliphatic carbocycles. The fourth-order valence-corrected chi connectivity index (χ4v) is 4.94. The van der Waals surface area contributed by atoms with E-state index >= 15 is 4.39 Å². The molecule has 1 aromatic carbocycles. The third-order valence-electron chi connectivity index (χ3n) is 6.29. The molecule has 5 unspecified atom stereocenters. The fourth-order valence-electron chi connectivity index (χ4n) is 4.94. The van der Waals surface area contributed by atoms with Gasteiger partial charge in [0, 0.05) is 48.6 Å². The van der Waals surface area contributed by atoms with Crippen molar-refractivity contribution >= 4 is 0 Å². The van der Waals surface area contributed by atoms with Gasteiger partial charge in [-0.2, -0.15) is 5.10 Å². The first-order valence-electron chi connectivity index (χ1n) is 9.44. The molecule has 0 saturated carbocycles. The number of hydrogen-bond acceptors (Lipinski definition) is 5. The van der Waals surface area contributed by atoms with E-state index in [1.54, 1.807) is 4.68 Å². The summed E-state index contributed by atoms with van der Waals surface area (Å²) >= 11 is 0. The van der Waals surface area contributed by atoms with E-state index in [1.807, 2.05) is 19.4 Å². The number of aromatic nitrogens is 2. The number of benzene rings is 1. The number of hydrazine groups is 1. The highest BCUT2D eigenvalue weighted by molar-refractivity contribution is 5.41. The van der Waals surface area contributed by atoms with Crippen molar-refractivity contribution in [2.45, 2.75) is 43.5 Å². The van der Waals surface area contributed by atoms with Gasteiger partial charge < -0.3 is 10.4 Å². The summed E-state index contributed by atoms with van der Waals surface area (Å²) in [7, 11) is 1.87. The third kappa shape index (κ3) is 2.70. The molecule has 144 valence electrons. The average molecular weight is 375 g/mol. The Morgan fingerprint density at radius 2 is 2.11 bits per heavy atom. The number of hydrogen-bond donors (Lipinski definition) is 4. The summed E-state index contributed by atoms with van der Waals surface area (Å²) in [6.07, 6.45) is 4.51. The van der Waals surface area contributed by atoms with Gasteiger partial charge in [-0.05, 0) is 36.8 Å². The van der Waals surface area contributed by atoms with Gasteiger partial charge in [0.1, 0.15) is 11.6 Å². The molecular formula is C19H23F2N5O. The number of fused-ring (bicyclic) bond motifs is 2. The standard InChI is InChI=1S/C19H23F2N5O/c1-26-8-10(6-23-26)19-11-5-13(22-7-14(11)24-25-19)17-12(20)4-9-2-3-15(27)16(9)18(17)21/h4,6,8,11,13-15,19,22,24-25,27H,2-3,5,7H2,1H3. The maximum absolute atomic E-state index is 15.2. The summed E-state index contributed by atoms with van der Waals surface area (Å²) in [5.41, 5.74) is 8.59. The van der Waals surface area contributed by atoms with Crippen LogP contribution in [0.15, 0.2) is 18.5 Å². The Bertz CT molecular complexity index is 885. The summed E-state index contributed by atoms with van der Waals surface area (Å²) in [5, 5.41) is 17.6. The number of halogens is 2. The largest absolute Gasteiger partial charge is 0.388 e. The molecule has 0 amide bonds. The van der Waals surface area contributed by atoms with Crippen LogP contribution in [-0.4, -0.2) is 27.5 Å². The number of nitrogens with one attached hydrogen (secondary N) is 3. The van der Waals surface area contributed by atoms with Crippen LogP contribution in [0.1, 0.15) is 53.3 Å². The maximum atomic E-state index is 15.2. The Kier molecular flexibility index (Phi) is 4.05. The topological polar surface area (TPSA) is 74.1 Å². The van der Waals surface area contributed by atoms with E-state index in [2.05, 4.69) is 21.3 Å².